The number of amides is 1. The van der Waals surface area contributed by atoms with Gasteiger partial charge in [0.15, 0.2) is 6.29 Å². The van der Waals surface area contributed by atoms with E-state index in [1.54, 1.807) is 4.90 Å². The Kier molecular flexibility index (Phi) is 5.07. The van der Waals surface area contributed by atoms with Crippen LogP contribution in [-0.2, 0) is 26.2 Å². The van der Waals surface area contributed by atoms with Gasteiger partial charge in [-0.05, 0) is 51.2 Å². The molecule has 1 saturated heterocycles. The zero-order chi connectivity index (χ0) is 18.1. The molecule has 1 aliphatic heterocycles. The first-order valence-electron chi connectivity index (χ1n) is 9.10. The number of carbonyl (C=O) groups is 1. The summed E-state index contributed by atoms with van der Waals surface area (Å²) in [6.45, 7) is 6.99. The molecule has 0 saturated carbocycles. The Bertz CT molecular complexity index is 618. The van der Waals surface area contributed by atoms with Gasteiger partial charge in [0.2, 0.25) is 0 Å². The lowest BCUT2D eigenvalue weighted by molar-refractivity contribution is -0.0599. The van der Waals surface area contributed by atoms with E-state index in [1.165, 1.54) is 11.1 Å². The number of nitrogens with zero attached hydrogens (tertiary/aromatic N) is 1. The van der Waals surface area contributed by atoms with E-state index in [0.717, 1.165) is 25.7 Å². The third-order valence-electron chi connectivity index (χ3n) is 5.12. The van der Waals surface area contributed by atoms with Crippen molar-refractivity contribution in [3.8, 4) is 0 Å². The van der Waals surface area contributed by atoms with Crippen LogP contribution in [0.4, 0.5) is 4.79 Å². The Hall–Kier alpha value is -1.59. The molecule has 1 unspecified atom stereocenters. The molecule has 1 heterocycles. The first kappa shape index (κ1) is 18.2. The van der Waals surface area contributed by atoms with Crippen molar-refractivity contribution in [3.63, 3.8) is 0 Å². The number of aryl methyl sites for hydroxylation is 1. The lowest BCUT2D eigenvalue weighted by atomic mass is 9.85. The largest absolute Gasteiger partial charge is 0.444 e. The molecule has 1 aromatic carbocycles. The third kappa shape index (κ3) is 3.82. The first-order chi connectivity index (χ1) is 11.8. The van der Waals surface area contributed by atoms with Crippen LogP contribution in [0.1, 0.15) is 51.2 Å². The Morgan fingerprint density at radius 2 is 1.96 bits per heavy atom. The molecule has 0 radical (unpaired) electrons. The molecule has 0 spiro atoms. The van der Waals surface area contributed by atoms with E-state index in [1.807, 2.05) is 33.9 Å². The van der Waals surface area contributed by atoms with Crippen LogP contribution in [-0.4, -0.2) is 43.1 Å². The summed E-state index contributed by atoms with van der Waals surface area (Å²) in [6, 6.07) is 8.40. The lowest BCUT2D eigenvalue weighted by Crippen LogP contribution is -2.48. The minimum atomic E-state index is -0.512. The maximum atomic E-state index is 12.8. The van der Waals surface area contributed by atoms with Gasteiger partial charge in [0.05, 0.1) is 18.8 Å². The van der Waals surface area contributed by atoms with Crippen molar-refractivity contribution in [2.45, 2.75) is 63.9 Å². The zero-order valence-electron chi connectivity index (χ0n) is 15.7. The smallest absolute Gasteiger partial charge is 0.410 e. The maximum Gasteiger partial charge on any atom is 0.410 e. The minimum absolute atomic E-state index is 0.170. The normalized spacial score (nSPS) is 23.5. The minimum Gasteiger partial charge on any atom is -0.444 e. The van der Waals surface area contributed by atoms with E-state index in [0.29, 0.717) is 13.2 Å². The van der Waals surface area contributed by atoms with Crippen molar-refractivity contribution in [1.29, 1.82) is 0 Å². The fourth-order valence-corrected chi connectivity index (χ4v) is 3.88. The lowest BCUT2D eigenvalue weighted by Gasteiger charge is -2.41. The number of ether oxygens (including phenoxy) is 3. The van der Waals surface area contributed by atoms with E-state index < -0.39 is 5.60 Å². The molecular weight excluding hydrogens is 318 g/mol. The quantitative estimate of drug-likeness (QED) is 0.830. The van der Waals surface area contributed by atoms with Crippen molar-refractivity contribution in [2.24, 2.45) is 0 Å². The van der Waals surface area contributed by atoms with E-state index >= 15 is 0 Å². The highest BCUT2D eigenvalue weighted by Gasteiger charge is 2.45. The Balaban J connectivity index is 1.85. The van der Waals surface area contributed by atoms with Gasteiger partial charge in [-0.3, -0.25) is 0 Å². The second-order valence-electron chi connectivity index (χ2n) is 7.94. The summed E-state index contributed by atoms with van der Waals surface area (Å²) >= 11 is 0. The highest BCUT2D eigenvalue weighted by Crippen LogP contribution is 2.45. The monoisotopic (exact) mass is 347 g/mol. The van der Waals surface area contributed by atoms with Crippen LogP contribution in [0.3, 0.4) is 0 Å². The van der Waals surface area contributed by atoms with Crippen LogP contribution in [0.15, 0.2) is 24.3 Å². The van der Waals surface area contributed by atoms with Gasteiger partial charge in [0.25, 0.3) is 0 Å². The van der Waals surface area contributed by atoms with E-state index in [9.17, 15) is 4.79 Å². The zero-order valence-corrected chi connectivity index (χ0v) is 15.7. The summed E-state index contributed by atoms with van der Waals surface area (Å²) in [7, 11) is 1.85. The average molecular weight is 347 g/mol. The highest BCUT2D eigenvalue weighted by molar-refractivity contribution is 5.70. The number of hydrogen-bond donors (Lipinski definition) is 0. The standard InChI is InChI=1S/C20H29NO4/c1-19(2,3)25-18(22)21(4)20(12-10-17-23-13-14-24-17)11-9-15-7-5-6-8-16(15)20/h5-8,17H,9-14H2,1-4H3. The number of benzene rings is 1. The van der Waals surface area contributed by atoms with Crippen molar-refractivity contribution in [3.05, 3.63) is 35.4 Å². The van der Waals surface area contributed by atoms with Gasteiger partial charge in [-0.15, -0.1) is 0 Å². The van der Waals surface area contributed by atoms with Gasteiger partial charge in [-0.1, -0.05) is 24.3 Å². The van der Waals surface area contributed by atoms with Crippen molar-refractivity contribution >= 4 is 6.09 Å². The summed E-state index contributed by atoms with van der Waals surface area (Å²) < 4.78 is 16.9. The summed E-state index contributed by atoms with van der Waals surface area (Å²) in [4.78, 5) is 14.6. The van der Waals surface area contributed by atoms with Gasteiger partial charge >= 0.3 is 6.09 Å². The fourth-order valence-electron chi connectivity index (χ4n) is 3.88. The molecule has 5 heteroatoms. The molecule has 2 aliphatic rings. The first-order valence-corrected chi connectivity index (χ1v) is 9.10. The molecule has 138 valence electrons. The van der Waals surface area contributed by atoms with Crippen LogP contribution < -0.4 is 0 Å². The highest BCUT2D eigenvalue weighted by atomic mass is 16.7. The summed E-state index contributed by atoms with van der Waals surface area (Å²) in [5.41, 5.74) is 1.66. The second kappa shape index (κ2) is 6.96. The molecule has 1 aromatic rings. The van der Waals surface area contributed by atoms with Crippen LogP contribution in [0.5, 0.6) is 0 Å². The molecule has 5 nitrogen and oxygen atoms in total. The van der Waals surface area contributed by atoms with Gasteiger partial charge in [0.1, 0.15) is 5.60 Å². The fraction of sp³-hybridized carbons (Fsp3) is 0.650. The molecule has 0 aromatic heterocycles. The average Bonchev–Trinajstić information content (AvgIpc) is 3.19. The molecule has 1 amide bonds. The molecule has 1 aliphatic carbocycles. The van der Waals surface area contributed by atoms with Crippen LogP contribution in [0, 0.1) is 0 Å². The van der Waals surface area contributed by atoms with Crippen molar-refractivity contribution in [2.75, 3.05) is 20.3 Å². The molecule has 1 fully saturated rings. The summed E-state index contributed by atoms with van der Waals surface area (Å²) in [5.74, 6) is 0. The van der Waals surface area contributed by atoms with Crippen LogP contribution in [0.2, 0.25) is 0 Å². The number of carbonyl (C=O) groups excluding carboxylic acids is 1. The number of hydrogen-bond acceptors (Lipinski definition) is 4. The predicted molar refractivity (Wildman–Crippen MR) is 95.4 cm³/mol. The van der Waals surface area contributed by atoms with Gasteiger partial charge in [-0.2, -0.15) is 0 Å². The third-order valence-corrected chi connectivity index (χ3v) is 5.12. The predicted octanol–water partition coefficient (Wildman–Crippen LogP) is 3.85. The van der Waals surface area contributed by atoms with E-state index in [4.69, 9.17) is 14.2 Å². The number of rotatable bonds is 4. The molecule has 3 rings (SSSR count). The molecule has 0 N–H and O–H groups in total. The molecule has 0 bridgehead atoms. The summed E-state index contributed by atoms with van der Waals surface area (Å²) in [6.07, 6.45) is 2.98. The van der Waals surface area contributed by atoms with Gasteiger partial charge < -0.3 is 19.1 Å². The molecular formula is C20H29NO4. The Morgan fingerprint density at radius 1 is 1.28 bits per heavy atom. The summed E-state index contributed by atoms with van der Waals surface area (Å²) in [5, 5.41) is 0. The topological polar surface area (TPSA) is 48.0 Å². The molecule has 1 atom stereocenters. The van der Waals surface area contributed by atoms with Gasteiger partial charge in [0, 0.05) is 13.5 Å². The number of fused-ring (bicyclic) bond motifs is 1. The van der Waals surface area contributed by atoms with Gasteiger partial charge in [-0.25, -0.2) is 4.79 Å². The van der Waals surface area contributed by atoms with Crippen molar-refractivity contribution in [1.82, 2.24) is 4.90 Å². The Morgan fingerprint density at radius 3 is 2.64 bits per heavy atom. The van der Waals surface area contributed by atoms with Crippen molar-refractivity contribution < 1.29 is 19.0 Å². The SMILES string of the molecule is CN(C(=O)OC(C)(C)C)C1(CCC2OCCO2)CCc2ccccc21. The molecule has 25 heavy (non-hydrogen) atoms. The van der Waals surface area contributed by atoms with E-state index in [2.05, 4.69) is 18.2 Å². The maximum absolute atomic E-state index is 12.8. The second-order valence-corrected chi connectivity index (χ2v) is 7.94. The van der Waals surface area contributed by atoms with E-state index in [-0.39, 0.29) is 17.9 Å². The van der Waals surface area contributed by atoms with Crippen LogP contribution >= 0.6 is 0 Å². The Labute approximate surface area is 150 Å². The van der Waals surface area contributed by atoms with Crippen LogP contribution in [0.25, 0.3) is 0 Å².